The molecule has 0 amide bonds. The van der Waals surface area contributed by atoms with E-state index in [-0.39, 0.29) is 0 Å². The average Bonchev–Trinajstić information content (AvgIpc) is 1.97. The highest BCUT2D eigenvalue weighted by Crippen LogP contribution is 2.29. The van der Waals surface area contributed by atoms with Gasteiger partial charge in [0.15, 0.2) is 0 Å². The molecular weight excluding hydrogens is 148 g/mol. The van der Waals surface area contributed by atoms with Gasteiger partial charge in [-0.15, -0.1) is 0 Å². The molecule has 1 heterocycles. The zero-order chi connectivity index (χ0) is 8.39. The van der Waals surface area contributed by atoms with Crippen molar-refractivity contribution in [3.8, 4) is 0 Å². The minimum absolute atomic E-state index is 0.645. The molecule has 0 spiro atoms. The minimum atomic E-state index is 0.645. The van der Waals surface area contributed by atoms with E-state index in [0.29, 0.717) is 5.82 Å². The van der Waals surface area contributed by atoms with Crippen LogP contribution in [-0.2, 0) is 6.42 Å². The molecule has 1 aliphatic carbocycles. The molecule has 1 fully saturated rings. The lowest BCUT2D eigenvalue weighted by Gasteiger charge is -2.24. The average molecular weight is 162 g/mol. The van der Waals surface area contributed by atoms with Gasteiger partial charge in [-0.2, -0.15) is 0 Å². The highest BCUT2D eigenvalue weighted by Gasteiger charge is 2.17. The number of nitrogens with two attached hydrogens (primary N) is 1. The van der Waals surface area contributed by atoms with Gasteiger partial charge in [0.25, 0.3) is 0 Å². The summed E-state index contributed by atoms with van der Waals surface area (Å²) in [6.07, 6.45) is 5.25. The molecule has 2 N–H and O–H groups in total. The maximum Gasteiger partial charge on any atom is 0.123 e. The van der Waals surface area contributed by atoms with E-state index in [1.165, 1.54) is 19.3 Å². The van der Waals surface area contributed by atoms with E-state index >= 15 is 0 Å². The molecular formula is C10H14N2. The summed E-state index contributed by atoms with van der Waals surface area (Å²) < 4.78 is 0. The lowest BCUT2D eigenvalue weighted by molar-refractivity contribution is 0.312. The van der Waals surface area contributed by atoms with Gasteiger partial charge in [0.05, 0.1) is 0 Å². The van der Waals surface area contributed by atoms with Crippen LogP contribution in [0.1, 0.15) is 25.0 Å². The number of rotatable bonds is 2. The van der Waals surface area contributed by atoms with E-state index in [9.17, 15) is 0 Å². The molecule has 0 radical (unpaired) electrons. The lowest BCUT2D eigenvalue weighted by Crippen LogP contribution is -2.14. The van der Waals surface area contributed by atoms with E-state index in [0.717, 1.165) is 18.0 Å². The third-order valence-corrected chi connectivity index (χ3v) is 2.55. The van der Waals surface area contributed by atoms with Gasteiger partial charge in [-0.1, -0.05) is 25.3 Å². The van der Waals surface area contributed by atoms with Crippen LogP contribution in [0.4, 0.5) is 5.82 Å². The quantitative estimate of drug-likeness (QED) is 0.722. The Morgan fingerprint density at radius 3 is 2.83 bits per heavy atom. The monoisotopic (exact) mass is 162 g/mol. The Hall–Kier alpha value is -1.05. The Labute approximate surface area is 72.8 Å². The molecule has 0 bridgehead atoms. The van der Waals surface area contributed by atoms with E-state index in [2.05, 4.69) is 11.1 Å². The normalized spacial score (nSPS) is 17.3. The van der Waals surface area contributed by atoms with Crippen LogP contribution in [0.5, 0.6) is 0 Å². The van der Waals surface area contributed by atoms with Crippen LogP contribution in [0.25, 0.3) is 0 Å². The van der Waals surface area contributed by atoms with E-state index in [1.54, 1.807) is 0 Å². The molecule has 2 rings (SSSR count). The van der Waals surface area contributed by atoms with Crippen LogP contribution < -0.4 is 5.73 Å². The van der Waals surface area contributed by atoms with Crippen molar-refractivity contribution in [1.82, 2.24) is 4.98 Å². The molecule has 0 aromatic carbocycles. The number of hydrogen-bond acceptors (Lipinski definition) is 2. The smallest absolute Gasteiger partial charge is 0.123 e. The molecule has 12 heavy (non-hydrogen) atoms. The van der Waals surface area contributed by atoms with Gasteiger partial charge in [-0.3, -0.25) is 0 Å². The van der Waals surface area contributed by atoms with E-state index < -0.39 is 0 Å². The summed E-state index contributed by atoms with van der Waals surface area (Å²) in [5.41, 5.74) is 6.74. The number of aromatic nitrogens is 1. The Kier molecular flexibility index (Phi) is 1.98. The molecule has 0 atom stereocenters. The summed E-state index contributed by atoms with van der Waals surface area (Å²) in [6, 6.07) is 5.88. The first-order valence-corrected chi connectivity index (χ1v) is 4.56. The Morgan fingerprint density at radius 1 is 1.42 bits per heavy atom. The molecule has 2 nitrogen and oxygen atoms in total. The molecule has 1 saturated carbocycles. The van der Waals surface area contributed by atoms with Gasteiger partial charge in [-0.25, -0.2) is 4.98 Å². The number of hydrogen-bond donors (Lipinski definition) is 1. The molecule has 0 saturated heterocycles. The van der Waals surface area contributed by atoms with Crippen LogP contribution in [0.3, 0.4) is 0 Å². The standard InChI is InChI=1S/C10H14N2/c11-10-6-2-5-9(12-10)7-8-3-1-4-8/h2,5-6,8H,1,3-4,7H2,(H2,11,12). The van der Waals surface area contributed by atoms with E-state index in [1.807, 2.05) is 12.1 Å². The van der Waals surface area contributed by atoms with Crippen molar-refractivity contribution in [3.05, 3.63) is 23.9 Å². The number of nitrogen functional groups attached to an aromatic ring is 1. The second-order valence-electron chi connectivity index (χ2n) is 3.55. The van der Waals surface area contributed by atoms with Gasteiger partial charge in [0, 0.05) is 5.69 Å². The van der Waals surface area contributed by atoms with Crippen LogP contribution in [0.2, 0.25) is 0 Å². The summed E-state index contributed by atoms with van der Waals surface area (Å²) in [7, 11) is 0. The first-order valence-electron chi connectivity index (χ1n) is 4.56. The second kappa shape index (κ2) is 3.13. The zero-order valence-electron chi connectivity index (χ0n) is 7.16. The molecule has 1 aromatic heterocycles. The zero-order valence-corrected chi connectivity index (χ0v) is 7.16. The summed E-state index contributed by atoms with van der Waals surface area (Å²) in [4.78, 5) is 4.27. The Morgan fingerprint density at radius 2 is 2.25 bits per heavy atom. The topological polar surface area (TPSA) is 38.9 Å². The van der Waals surface area contributed by atoms with Crippen LogP contribution in [0, 0.1) is 5.92 Å². The minimum Gasteiger partial charge on any atom is -0.384 e. The third kappa shape index (κ3) is 1.58. The first kappa shape index (κ1) is 7.59. The number of pyridine rings is 1. The molecule has 0 aliphatic heterocycles. The molecule has 2 heteroatoms. The maximum atomic E-state index is 5.58. The van der Waals surface area contributed by atoms with Crippen molar-refractivity contribution in [2.45, 2.75) is 25.7 Å². The van der Waals surface area contributed by atoms with Gasteiger partial charge < -0.3 is 5.73 Å². The summed E-state index contributed by atoms with van der Waals surface area (Å²) in [5, 5.41) is 0. The fourth-order valence-corrected chi connectivity index (χ4v) is 1.60. The van der Waals surface area contributed by atoms with Crippen molar-refractivity contribution in [1.29, 1.82) is 0 Å². The van der Waals surface area contributed by atoms with Gasteiger partial charge >= 0.3 is 0 Å². The molecule has 1 aliphatic rings. The first-order chi connectivity index (χ1) is 5.84. The number of anilines is 1. The fraction of sp³-hybridized carbons (Fsp3) is 0.500. The van der Waals surface area contributed by atoms with Gasteiger partial charge in [-0.05, 0) is 24.5 Å². The fourth-order valence-electron chi connectivity index (χ4n) is 1.60. The largest absolute Gasteiger partial charge is 0.384 e. The van der Waals surface area contributed by atoms with Crippen LogP contribution >= 0.6 is 0 Å². The third-order valence-electron chi connectivity index (χ3n) is 2.55. The van der Waals surface area contributed by atoms with Crippen LogP contribution in [0.15, 0.2) is 18.2 Å². The highest BCUT2D eigenvalue weighted by atomic mass is 14.8. The molecule has 0 unspecified atom stereocenters. The lowest BCUT2D eigenvalue weighted by atomic mass is 9.82. The SMILES string of the molecule is Nc1cccc(CC2CCC2)n1. The van der Waals surface area contributed by atoms with Crippen LogP contribution in [-0.4, -0.2) is 4.98 Å². The number of nitrogens with zero attached hydrogens (tertiary/aromatic N) is 1. The second-order valence-corrected chi connectivity index (χ2v) is 3.55. The predicted molar refractivity (Wildman–Crippen MR) is 49.7 cm³/mol. The predicted octanol–water partition coefficient (Wildman–Crippen LogP) is 2.01. The molecule has 1 aromatic rings. The molecule has 64 valence electrons. The van der Waals surface area contributed by atoms with Crippen molar-refractivity contribution >= 4 is 5.82 Å². The van der Waals surface area contributed by atoms with Crippen molar-refractivity contribution < 1.29 is 0 Å². The Bertz CT molecular complexity index is 266. The highest BCUT2D eigenvalue weighted by molar-refractivity contribution is 5.28. The maximum absolute atomic E-state index is 5.58. The van der Waals surface area contributed by atoms with Crippen molar-refractivity contribution in [2.75, 3.05) is 5.73 Å². The van der Waals surface area contributed by atoms with E-state index in [4.69, 9.17) is 5.73 Å². The summed E-state index contributed by atoms with van der Waals surface area (Å²) in [6.45, 7) is 0. The summed E-state index contributed by atoms with van der Waals surface area (Å²) in [5.74, 6) is 1.52. The van der Waals surface area contributed by atoms with Crippen molar-refractivity contribution in [3.63, 3.8) is 0 Å². The van der Waals surface area contributed by atoms with Gasteiger partial charge in [0.1, 0.15) is 5.82 Å². The summed E-state index contributed by atoms with van der Waals surface area (Å²) >= 11 is 0. The van der Waals surface area contributed by atoms with Gasteiger partial charge in [0.2, 0.25) is 0 Å². The van der Waals surface area contributed by atoms with Crippen molar-refractivity contribution in [2.24, 2.45) is 5.92 Å². The Balaban J connectivity index is 2.02.